The predicted molar refractivity (Wildman–Crippen MR) is 63.9 cm³/mol. The van der Waals surface area contributed by atoms with Crippen LogP contribution in [0.2, 0.25) is 0 Å². The first-order chi connectivity index (χ1) is 8.34. The summed E-state index contributed by atoms with van der Waals surface area (Å²) in [5, 5.41) is 0. The molecule has 4 heteroatoms. The fourth-order valence-electron chi connectivity index (χ4n) is 2.30. The van der Waals surface area contributed by atoms with Crippen molar-refractivity contribution in [1.82, 2.24) is 0 Å². The summed E-state index contributed by atoms with van der Waals surface area (Å²) in [7, 11) is 0. The molecule has 1 aromatic rings. The number of para-hydroxylation sites is 1. The minimum Gasteiger partial charge on any atom is -0.486 e. The van der Waals surface area contributed by atoms with Gasteiger partial charge < -0.3 is 14.4 Å². The molecule has 0 N–H and O–H groups in total. The number of hydrogen-bond acceptors (Lipinski definition) is 4. The molecule has 3 rings (SSSR count). The van der Waals surface area contributed by atoms with Gasteiger partial charge in [-0.1, -0.05) is 6.07 Å². The van der Waals surface area contributed by atoms with Crippen LogP contribution in [0.3, 0.4) is 0 Å². The minimum absolute atomic E-state index is 0.350. The lowest BCUT2D eigenvalue weighted by Gasteiger charge is -2.31. The van der Waals surface area contributed by atoms with Gasteiger partial charge >= 0.3 is 0 Å². The monoisotopic (exact) mass is 233 g/mol. The highest BCUT2D eigenvalue weighted by Crippen LogP contribution is 2.40. The van der Waals surface area contributed by atoms with E-state index in [2.05, 4.69) is 4.90 Å². The van der Waals surface area contributed by atoms with Crippen LogP contribution in [0.15, 0.2) is 18.2 Å². The Balaban J connectivity index is 1.89. The van der Waals surface area contributed by atoms with Crippen LogP contribution in [0.1, 0.15) is 12.8 Å². The number of anilines is 1. The number of hydrogen-bond donors (Lipinski definition) is 0. The maximum Gasteiger partial charge on any atom is 0.184 e. The number of carbonyl (C=O) groups is 1. The standard InChI is InChI=1S/C13H15NO3/c15-10-4-6-14(7-5-10)11-2-1-3-12-13(11)17-9-8-16-12/h1-3H,4-9H2. The van der Waals surface area contributed by atoms with E-state index >= 15 is 0 Å². The molecule has 0 saturated carbocycles. The Kier molecular flexibility index (Phi) is 2.63. The number of benzene rings is 1. The number of ketones is 1. The van der Waals surface area contributed by atoms with Gasteiger partial charge in [-0.25, -0.2) is 0 Å². The van der Waals surface area contributed by atoms with Crippen molar-refractivity contribution < 1.29 is 14.3 Å². The molecule has 1 aromatic carbocycles. The molecular weight excluding hydrogens is 218 g/mol. The number of fused-ring (bicyclic) bond motifs is 1. The zero-order valence-corrected chi connectivity index (χ0v) is 9.65. The Morgan fingerprint density at radius 1 is 1.06 bits per heavy atom. The molecule has 17 heavy (non-hydrogen) atoms. The first-order valence-electron chi connectivity index (χ1n) is 6.00. The smallest absolute Gasteiger partial charge is 0.184 e. The van der Waals surface area contributed by atoms with Gasteiger partial charge in [-0.2, -0.15) is 0 Å². The molecule has 90 valence electrons. The molecule has 2 aliphatic heterocycles. The summed E-state index contributed by atoms with van der Waals surface area (Å²) >= 11 is 0. The van der Waals surface area contributed by atoms with E-state index in [0.29, 0.717) is 31.8 Å². The number of carbonyl (C=O) groups excluding carboxylic acids is 1. The Morgan fingerprint density at radius 2 is 1.82 bits per heavy atom. The zero-order valence-electron chi connectivity index (χ0n) is 9.65. The summed E-state index contributed by atoms with van der Waals surface area (Å²) in [6.45, 7) is 2.75. The minimum atomic E-state index is 0.350. The number of piperidine rings is 1. The van der Waals surface area contributed by atoms with Crippen LogP contribution in [0.4, 0.5) is 5.69 Å². The third kappa shape index (κ3) is 1.95. The van der Waals surface area contributed by atoms with E-state index in [4.69, 9.17) is 9.47 Å². The molecule has 1 fully saturated rings. The molecule has 2 heterocycles. The van der Waals surface area contributed by atoms with Crippen molar-refractivity contribution in [3.8, 4) is 11.5 Å². The molecule has 4 nitrogen and oxygen atoms in total. The second kappa shape index (κ2) is 4.28. The summed E-state index contributed by atoms with van der Waals surface area (Å²) in [6, 6.07) is 5.93. The fraction of sp³-hybridized carbons (Fsp3) is 0.462. The van der Waals surface area contributed by atoms with Gasteiger partial charge in [-0.05, 0) is 12.1 Å². The van der Waals surface area contributed by atoms with Crippen LogP contribution in [-0.4, -0.2) is 32.1 Å². The van der Waals surface area contributed by atoms with E-state index in [-0.39, 0.29) is 0 Å². The van der Waals surface area contributed by atoms with Crippen LogP contribution in [0, 0.1) is 0 Å². The van der Waals surface area contributed by atoms with Crippen molar-refractivity contribution in [1.29, 1.82) is 0 Å². The summed E-state index contributed by atoms with van der Waals surface area (Å²) in [4.78, 5) is 13.4. The van der Waals surface area contributed by atoms with Gasteiger partial charge in [0.2, 0.25) is 0 Å². The lowest BCUT2D eigenvalue weighted by atomic mass is 10.1. The highest BCUT2D eigenvalue weighted by molar-refractivity contribution is 5.81. The SMILES string of the molecule is O=C1CCN(c2cccc3c2OCCO3)CC1. The van der Waals surface area contributed by atoms with Crippen LogP contribution < -0.4 is 14.4 Å². The van der Waals surface area contributed by atoms with Crippen molar-refractivity contribution in [3.63, 3.8) is 0 Å². The summed E-state index contributed by atoms with van der Waals surface area (Å²) in [5.41, 5.74) is 1.05. The van der Waals surface area contributed by atoms with Crippen LogP contribution in [0.25, 0.3) is 0 Å². The van der Waals surface area contributed by atoms with Gasteiger partial charge in [0.15, 0.2) is 11.5 Å². The van der Waals surface area contributed by atoms with Gasteiger partial charge in [0.05, 0.1) is 5.69 Å². The predicted octanol–water partition coefficient (Wildman–Crippen LogP) is 1.63. The van der Waals surface area contributed by atoms with Gasteiger partial charge in [-0.3, -0.25) is 4.79 Å². The van der Waals surface area contributed by atoms with Gasteiger partial charge in [-0.15, -0.1) is 0 Å². The number of ether oxygens (including phenoxy) is 2. The fourth-order valence-corrected chi connectivity index (χ4v) is 2.30. The normalized spacial score (nSPS) is 19.3. The maximum absolute atomic E-state index is 11.2. The third-order valence-corrected chi connectivity index (χ3v) is 3.21. The molecule has 0 aliphatic carbocycles. The quantitative estimate of drug-likeness (QED) is 0.739. The molecule has 0 spiro atoms. The molecule has 0 atom stereocenters. The molecule has 1 saturated heterocycles. The van der Waals surface area contributed by atoms with Crippen LogP contribution >= 0.6 is 0 Å². The molecule has 0 radical (unpaired) electrons. The summed E-state index contributed by atoms with van der Waals surface area (Å²) in [5.74, 6) is 1.99. The average molecular weight is 233 g/mol. The topological polar surface area (TPSA) is 38.8 Å². The van der Waals surface area contributed by atoms with Crippen LogP contribution in [0.5, 0.6) is 11.5 Å². The van der Waals surface area contributed by atoms with Crippen LogP contribution in [-0.2, 0) is 4.79 Å². The molecule has 0 amide bonds. The average Bonchev–Trinajstić information content (AvgIpc) is 2.39. The van der Waals surface area contributed by atoms with E-state index in [1.165, 1.54) is 0 Å². The second-order valence-electron chi connectivity index (χ2n) is 4.33. The molecule has 2 aliphatic rings. The Bertz CT molecular complexity index is 434. The molecular formula is C13H15NO3. The first kappa shape index (κ1) is 10.4. The van der Waals surface area contributed by atoms with E-state index in [1.54, 1.807) is 0 Å². The van der Waals surface area contributed by atoms with E-state index in [1.807, 2.05) is 18.2 Å². The van der Waals surface area contributed by atoms with Crippen molar-refractivity contribution in [2.45, 2.75) is 12.8 Å². The highest BCUT2D eigenvalue weighted by Gasteiger charge is 2.23. The third-order valence-electron chi connectivity index (χ3n) is 3.21. The van der Waals surface area contributed by atoms with Gasteiger partial charge in [0.1, 0.15) is 19.0 Å². The van der Waals surface area contributed by atoms with Crippen molar-refractivity contribution in [3.05, 3.63) is 18.2 Å². The van der Waals surface area contributed by atoms with Crippen molar-refractivity contribution in [2.75, 3.05) is 31.2 Å². The Hall–Kier alpha value is -1.71. The maximum atomic E-state index is 11.2. The van der Waals surface area contributed by atoms with Gasteiger partial charge in [0.25, 0.3) is 0 Å². The Labute approximate surface area is 100 Å². The molecule has 0 aromatic heterocycles. The van der Waals surface area contributed by atoms with Gasteiger partial charge in [0, 0.05) is 25.9 Å². The van der Waals surface area contributed by atoms with E-state index in [9.17, 15) is 4.79 Å². The summed E-state index contributed by atoms with van der Waals surface area (Å²) < 4.78 is 11.2. The largest absolute Gasteiger partial charge is 0.486 e. The van der Waals surface area contributed by atoms with E-state index < -0.39 is 0 Å². The first-order valence-corrected chi connectivity index (χ1v) is 6.00. The van der Waals surface area contributed by atoms with E-state index in [0.717, 1.165) is 30.3 Å². The van der Waals surface area contributed by atoms with Crippen molar-refractivity contribution in [2.24, 2.45) is 0 Å². The molecule has 0 bridgehead atoms. The number of rotatable bonds is 1. The highest BCUT2D eigenvalue weighted by atomic mass is 16.6. The lowest BCUT2D eigenvalue weighted by molar-refractivity contribution is -0.119. The molecule has 0 unspecified atom stereocenters. The number of Topliss-reactive ketones (excluding diaryl/α,β-unsaturated/α-hetero) is 1. The second-order valence-corrected chi connectivity index (χ2v) is 4.33. The lowest BCUT2D eigenvalue weighted by Crippen LogP contribution is -2.34. The summed E-state index contributed by atoms with van der Waals surface area (Å²) in [6.07, 6.45) is 1.26. The Morgan fingerprint density at radius 3 is 2.65 bits per heavy atom. The number of nitrogens with zero attached hydrogens (tertiary/aromatic N) is 1. The zero-order chi connectivity index (χ0) is 11.7. The van der Waals surface area contributed by atoms with Crippen molar-refractivity contribution >= 4 is 11.5 Å².